The van der Waals surface area contributed by atoms with Crippen LogP contribution in [0.4, 0.5) is 4.39 Å². The number of aryl methyl sites for hydroxylation is 1. The predicted octanol–water partition coefficient (Wildman–Crippen LogP) is 6.61. The second kappa shape index (κ2) is 9.17. The Morgan fingerprint density at radius 1 is 0.917 bits per heavy atom. The lowest BCUT2D eigenvalue weighted by molar-refractivity contribution is 0.185. The highest BCUT2D eigenvalue weighted by Crippen LogP contribution is 2.41. The molecule has 1 heterocycles. The molecule has 0 aromatic heterocycles. The molecule has 0 radical (unpaired) electrons. The molecule has 0 bridgehead atoms. The predicted molar refractivity (Wildman–Crippen MR) is 105 cm³/mol. The Balaban J connectivity index is 1.36. The van der Waals surface area contributed by atoms with Crippen molar-refractivity contribution in [3.63, 3.8) is 0 Å². The van der Waals surface area contributed by atoms with Gasteiger partial charge in [0.2, 0.25) is 0 Å². The maximum Gasteiger partial charge on any atom is 0.123 e. The van der Waals surface area contributed by atoms with Gasteiger partial charge in [-0.15, -0.1) is 0 Å². The van der Waals surface area contributed by atoms with E-state index in [9.17, 15) is 4.39 Å². The Morgan fingerprint density at radius 3 is 2.17 bits per heavy atom. The zero-order valence-corrected chi connectivity index (χ0v) is 16.6. The zero-order chi connectivity index (χ0) is 16.8. The van der Waals surface area contributed by atoms with E-state index in [-0.39, 0.29) is 5.82 Å². The highest BCUT2D eigenvalue weighted by molar-refractivity contribution is 6.59. The molecule has 1 aliphatic carbocycles. The zero-order valence-electron chi connectivity index (χ0n) is 15.5. The van der Waals surface area contributed by atoms with Crippen LogP contribution in [-0.4, -0.2) is 8.80 Å². The molecule has 0 N–H and O–H groups in total. The Kier molecular flexibility index (Phi) is 6.94. The molecule has 0 nitrogen and oxygen atoms in total. The molecular formula is C22H35FSi. The molecule has 2 heteroatoms. The Bertz CT molecular complexity index is 467. The molecule has 24 heavy (non-hydrogen) atoms. The van der Waals surface area contributed by atoms with Crippen LogP contribution in [0.3, 0.4) is 0 Å². The summed E-state index contributed by atoms with van der Waals surface area (Å²) in [5.74, 6) is 3.06. The van der Waals surface area contributed by atoms with Crippen LogP contribution < -0.4 is 0 Å². The molecule has 0 amide bonds. The van der Waals surface area contributed by atoms with Gasteiger partial charge >= 0.3 is 0 Å². The third-order valence-electron chi connectivity index (χ3n) is 6.90. The molecule has 2 fully saturated rings. The van der Waals surface area contributed by atoms with Crippen molar-refractivity contribution < 1.29 is 4.39 Å². The van der Waals surface area contributed by atoms with E-state index in [2.05, 4.69) is 6.92 Å². The summed E-state index contributed by atoms with van der Waals surface area (Å²) in [6, 6.07) is 11.8. The van der Waals surface area contributed by atoms with Gasteiger partial charge in [0, 0.05) is 8.80 Å². The van der Waals surface area contributed by atoms with E-state index < -0.39 is 8.80 Å². The maximum absolute atomic E-state index is 13.0. The van der Waals surface area contributed by atoms with Crippen LogP contribution in [0.5, 0.6) is 0 Å². The lowest BCUT2D eigenvalue weighted by Gasteiger charge is -2.37. The molecule has 1 aliphatic heterocycles. The van der Waals surface area contributed by atoms with Crippen LogP contribution in [0.15, 0.2) is 24.3 Å². The average molecular weight is 347 g/mol. The van der Waals surface area contributed by atoms with Gasteiger partial charge in [-0.3, -0.25) is 0 Å². The van der Waals surface area contributed by atoms with Crippen LogP contribution in [0.2, 0.25) is 18.1 Å². The van der Waals surface area contributed by atoms with Crippen molar-refractivity contribution in [2.45, 2.75) is 82.8 Å². The molecule has 1 saturated carbocycles. The number of halogens is 1. The summed E-state index contributed by atoms with van der Waals surface area (Å²) >= 11 is 0. The number of rotatable bonds is 6. The first kappa shape index (κ1) is 18.2. The van der Waals surface area contributed by atoms with E-state index in [0.717, 1.165) is 17.8 Å². The van der Waals surface area contributed by atoms with Crippen molar-refractivity contribution in [2.75, 3.05) is 0 Å². The van der Waals surface area contributed by atoms with Gasteiger partial charge in [-0.2, -0.15) is 0 Å². The van der Waals surface area contributed by atoms with Crippen LogP contribution in [0.1, 0.15) is 63.9 Å². The number of hydrogen-bond acceptors (Lipinski definition) is 0. The standard InChI is InChI=1S/C22H35FSi/c1-2-3-18-4-8-20(9-5-18)21-13-16-24(17-14-21)15-12-19-6-10-22(23)11-7-19/h6-7,10-11,18,20-21,24H,2-5,8-9,12-17H2,1H3. The number of benzene rings is 1. The average Bonchev–Trinajstić information content (AvgIpc) is 2.63. The van der Waals surface area contributed by atoms with E-state index >= 15 is 0 Å². The fourth-order valence-corrected chi connectivity index (χ4v) is 8.73. The van der Waals surface area contributed by atoms with Crippen molar-refractivity contribution >= 4 is 8.80 Å². The van der Waals surface area contributed by atoms with E-state index in [0.29, 0.717) is 0 Å². The first-order chi connectivity index (χ1) is 11.7. The van der Waals surface area contributed by atoms with Crippen LogP contribution in [0, 0.1) is 23.6 Å². The quantitative estimate of drug-likeness (QED) is 0.508. The molecule has 134 valence electrons. The highest BCUT2D eigenvalue weighted by atomic mass is 28.3. The first-order valence-corrected chi connectivity index (χ1v) is 12.9. The summed E-state index contributed by atoms with van der Waals surface area (Å²) in [7, 11) is -0.518. The van der Waals surface area contributed by atoms with Gasteiger partial charge in [0.15, 0.2) is 0 Å². The molecule has 3 rings (SSSR count). The van der Waals surface area contributed by atoms with Gasteiger partial charge in [0.1, 0.15) is 5.82 Å². The molecule has 0 unspecified atom stereocenters. The van der Waals surface area contributed by atoms with Crippen molar-refractivity contribution in [2.24, 2.45) is 17.8 Å². The van der Waals surface area contributed by atoms with E-state index in [1.165, 1.54) is 69.4 Å². The van der Waals surface area contributed by atoms with Crippen LogP contribution >= 0.6 is 0 Å². The fraction of sp³-hybridized carbons (Fsp3) is 0.727. The van der Waals surface area contributed by atoms with Crippen molar-refractivity contribution in [1.29, 1.82) is 0 Å². The SMILES string of the molecule is CCCC1CCC(C2CC[SiH](CCc3ccc(F)cc3)CC2)CC1. The molecule has 1 aromatic carbocycles. The fourth-order valence-electron chi connectivity index (χ4n) is 5.33. The molecule has 2 aliphatic rings. The van der Waals surface area contributed by atoms with Gasteiger partial charge < -0.3 is 0 Å². The molecule has 0 spiro atoms. The van der Waals surface area contributed by atoms with Gasteiger partial charge in [0.05, 0.1) is 0 Å². The van der Waals surface area contributed by atoms with Crippen molar-refractivity contribution in [1.82, 2.24) is 0 Å². The van der Waals surface area contributed by atoms with E-state index in [1.807, 2.05) is 12.1 Å². The topological polar surface area (TPSA) is 0 Å². The summed E-state index contributed by atoms with van der Waals surface area (Å²) in [5.41, 5.74) is 1.33. The Labute approximate surface area is 149 Å². The van der Waals surface area contributed by atoms with Crippen LogP contribution in [0.25, 0.3) is 0 Å². The Hall–Kier alpha value is -0.633. The lowest BCUT2D eigenvalue weighted by atomic mass is 9.73. The molecule has 0 atom stereocenters. The number of hydrogen-bond donors (Lipinski definition) is 0. The van der Waals surface area contributed by atoms with Crippen molar-refractivity contribution in [3.8, 4) is 0 Å². The first-order valence-electron chi connectivity index (χ1n) is 10.5. The minimum Gasteiger partial charge on any atom is -0.207 e. The van der Waals surface area contributed by atoms with Gasteiger partial charge in [-0.25, -0.2) is 4.39 Å². The lowest BCUT2D eigenvalue weighted by Crippen LogP contribution is -2.28. The van der Waals surface area contributed by atoms with Crippen LogP contribution in [-0.2, 0) is 6.42 Å². The summed E-state index contributed by atoms with van der Waals surface area (Å²) in [5, 5.41) is 0. The molecule has 1 aromatic rings. The Morgan fingerprint density at radius 2 is 1.54 bits per heavy atom. The van der Waals surface area contributed by atoms with Gasteiger partial charge in [0.25, 0.3) is 0 Å². The normalized spacial score (nSPS) is 31.1. The van der Waals surface area contributed by atoms with Crippen molar-refractivity contribution in [3.05, 3.63) is 35.6 Å². The van der Waals surface area contributed by atoms with Gasteiger partial charge in [-0.1, -0.05) is 75.7 Å². The van der Waals surface area contributed by atoms with E-state index in [1.54, 1.807) is 24.2 Å². The molecule has 1 saturated heterocycles. The maximum atomic E-state index is 13.0. The summed E-state index contributed by atoms with van der Waals surface area (Å²) < 4.78 is 13.0. The summed E-state index contributed by atoms with van der Waals surface area (Å²) in [6.07, 6.45) is 13.2. The largest absolute Gasteiger partial charge is 0.207 e. The summed E-state index contributed by atoms with van der Waals surface area (Å²) in [4.78, 5) is 0. The molecular weight excluding hydrogens is 311 g/mol. The summed E-state index contributed by atoms with van der Waals surface area (Å²) in [6.45, 7) is 2.34. The second-order valence-corrected chi connectivity index (χ2v) is 12.0. The third-order valence-corrected chi connectivity index (χ3v) is 10.3. The second-order valence-electron chi connectivity index (χ2n) is 8.52. The minimum absolute atomic E-state index is 0.106. The third kappa shape index (κ3) is 5.18. The smallest absolute Gasteiger partial charge is 0.123 e. The monoisotopic (exact) mass is 346 g/mol. The highest BCUT2D eigenvalue weighted by Gasteiger charge is 2.30. The van der Waals surface area contributed by atoms with Gasteiger partial charge in [-0.05, 0) is 54.7 Å². The van der Waals surface area contributed by atoms with E-state index in [4.69, 9.17) is 0 Å². The minimum atomic E-state index is -0.518.